The van der Waals surface area contributed by atoms with Crippen LogP contribution in [0, 0.1) is 0 Å². The second-order valence-corrected chi connectivity index (χ2v) is 6.18. The van der Waals surface area contributed by atoms with Gasteiger partial charge in [0.1, 0.15) is 0 Å². The topological polar surface area (TPSA) is 84.0 Å². The average molecular weight is 349 g/mol. The van der Waals surface area contributed by atoms with E-state index in [1.807, 2.05) is 17.0 Å². The minimum atomic E-state index is -0.0322. The van der Waals surface area contributed by atoms with Crippen LogP contribution < -0.4 is 4.74 Å². The molecule has 1 N–H and O–H groups in total. The number of aromatic amines is 1. The van der Waals surface area contributed by atoms with Crippen molar-refractivity contribution in [1.82, 2.24) is 25.1 Å². The van der Waals surface area contributed by atoms with Gasteiger partial charge in [-0.1, -0.05) is 0 Å². The van der Waals surface area contributed by atoms with E-state index in [4.69, 9.17) is 4.74 Å². The zero-order valence-electron chi connectivity index (χ0n) is 14.4. The van der Waals surface area contributed by atoms with Crippen LogP contribution in [0.1, 0.15) is 34.9 Å². The van der Waals surface area contributed by atoms with Gasteiger partial charge in [-0.2, -0.15) is 5.10 Å². The van der Waals surface area contributed by atoms with Gasteiger partial charge in [-0.15, -0.1) is 0 Å². The third kappa shape index (κ3) is 2.92. The number of nitrogens with zero attached hydrogens (tertiary/aromatic N) is 4. The number of hydrogen-bond acceptors (Lipinski definition) is 5. The molecule has 0 radical (unpaired) electrons. The monoisotopic (exact) mass is 349 g/mol. The molecule has 1 atom stereocenters. The van der Waals surface area contributed by atoms with Gasteiger partial charge in [0.2, 0.25) is 5.88 Å². The first kappa shape index (κ1) is 16.3. The third-order valence-corrected chi connectivity index (χ3v) is 4.70. The van der Waals surface area contributed by atoms with E-state index in [2.05, 4.69) is 20.2 Å². The quantitative estimate of drug-likeness (QED) is 0.783. The average Bonchev–Trinajstić information content (AvgIpc) is 3.37. The number of carbonyl (C=O) groups excluding carboxylic acids is 1. The molecule has 1 fully saturated rings. The van der Waals surface area contributed by atoms with Crippen LogP contribution in [0.4, 0.5) is 0 Å². The summed E-state index contributed by atoms with van der Waals surface area (Å²) in [4.78, 5) is 23.1. The number of rotatable bonds is 4. The zero-order chi connectivity index (χ0) is 17.9. The molecule has 4 heterocycles. The van der Waals surface area contributed by atoms with E-state index in [1.54, 1.807) is 44.0 Å². The summed E-state index contributed by atoms with van der Waals surface area (Å²) in [5, 5.41) is 7.32. The first-order valence-electron chi connectivity index (χ1n) is 8.52. The predicted molar refractivity (Wildman–Crippen MR) is 95.6 cm³/mol. The maximum atomic E-state index is 13.0. The SMILES string of the molecule is COc1ccc(C(=O)N2CCCC2c2[nH]ncc2-c2ccncc2)cn1. The zero-order valence-corrected chi connectivity index (χ0v) is 14.4. The minimum Gasteiger partial charge on any atom is -0.481 e. The van der Waals surface area contributed by atoms with Gasteiger partial charge in [0.25, 0.3) is 5.91 Å². The van der Waals surface area contributed by atoms with E-state index in [-0.39, 0.29) is 11.9 Å². The van der Waals surface area contributed by atoms with Gasteiger partial charge in [-0.3, -0.25) is 14.9 Å². The van der Waals surface area contributed by atoms with E-state index in [9.17, 15) is 4.79 Å². The lowest BCUT2D eigenvalue weighted by Gasteiger charge is -2.25. The fraction of sp³-hybridized carbons (Fsp3) is 0.263. The molecule has 0 saturated carbocycles. The standard InChI is InChI=1S/C19H19N5O2/c1-26-17-5-4-14(11-21-17)19(25)24-10-2-3-16(24)18-15(12-22-23-18)13-6-8-20-9-7-13/h4-9,11-12,16H,2-3,10H2,1H3,(H,22,23). The second-order valence-electron chi connectivity index (χ2n) is 6.18. The molecule has 0 spiro atoms. The number of methoxy groups -OCH3 is 1. The van der Waals surface area contributed by atoms with Gasteiger partial charge in [0.15, 0.2) is 0 Å². The summed E-state index contributed by atoms with van der Waals surface area (Å²) in [6.07, 6.45) is 8.73. The van der Waals surface area contributed by atoms with Crippen molar-refractivity contribution in [2.24, 2.45) is 0 Å². The van der Waals surface area contributed by atoms with Crippen molar-refractivity contribution in [2.45, 2.75) is 18.9 Å². The summed E-state index contributed by atoms with van der Waals surface area (Å²) >= 11 is 0. The van der Waals surface area contributed by atoms with Crippen molar-refractivity contribution >= 4 is 5.91 Å². The molecule has 0 bridgehead atoms. The van der Waals surface area contributed by atoms with Crippen molar-refractivity contribution in [2.75, 3.05) is 13.7 Å². The Bertz CT molecular complexity index is 892. The van der Waals surface area contributed by atoms with Crippen molar-refractivity contribution < 1.29 is 9.53 Å². The highest BCUT2D eigenvalue weighted by Gasteiger charge is 2.33. The number of H-pyrrole nitrogens is 1. The Kier molecular flexibility index (Phi) is 4.35. The van der Waals surface area contributed by atoms with Crippen molar-refractivity contribution in [1.29, 1.82) is 0 Å². The molecule has 3 aromatic rings. The number of amides is 1. The molecule has 0 aromatic carbocycles. The summed E-state index contributed by atoms with van der Waals surface area (Å²) in [7, 11) is 1.55. The van der Waals surface area contributed by atoms with Gasteiger partial charge < -0.3 is 9.64 Å². The van der Waals surface area contributed by atoms with Gasteiger partial charge in [0, 0.05) is 36.8 Å². The first-order chi connectivity index (χ1) is 12.8. The van der Waals surface area contributed by atoms with E-state index < -0.39 is 0 Å². The van der Waals surface area contributed by atoms with Crippen molar-refractivity contribution in [3.05, 3.63) is 60.3 Å². The molecule has 1 unspecified atom stereocenters. The molecule has 1 saturated heterocycles. The van der Waals surface area contributed by atoms with Gasteiger partial charge >= 0.3 is 0 Å². The fourth-order valence-electron chi connectivity index (χ4n) is 3.41. The Hall–Kier alpha value is -3.22. The normalized spacial score (nSPS) is 16.7. The van der Waals surface area contributed by atoms with Gasteiger partial charge in [0.05, 0.1) is 30.6 Å². The van der Waals surface area contributed by atoms with E-state index in [1.165, 1.54) is 0 Å². The number of carbonyl (C=O) groups is 1. The molecule has 7 nitrogen and oxygen atoms in total. The molecule has 26 heavy (non-hydrogen) atoms. The number of hydrogen-bond donors (Lipinski definition) is 1. The summed E-state index contributed by atoms with van der Waals surface area (Å²) in [6, 6.07) is 7.32. The highest BCUT2D eigenvalue weighted by atomic mass is 16.5. The maximum Gasteiger partial charge on any atom is 0.255 e. The number of pyridine rings is 2. The number of likely N-dealkylation sites (tertiary alicyclic amines) is 1. The predicted octanol–water partition coefficient (Wildman–Crippen LogP) is 2.85. The third-order valence-electron chi connectivity index (χ3n) is 4.70. The lowest BCUT2D eigenvalue weighted by atomic mass is 10.0. The molecule has 7 heteroatoms. The van der Waals surface area contributed by atoms with Crippen LogP contribution in [0.15, 0.2) is 49.1 Å². The van der Waals surface area contributed by atoms with Gasteiger partial charge in [-0.25, -0.2) is 4.98 Å². The van der Waals surface area contributed by atoms with Crippen molar-refractivity contribution in [3.8, 4) is 17.0 Å². The first-order valence-corrected chi connectivity index (χ1v) is 8.52. The lowest BCUT2D eigenvalue weighted by molar-refractivity contribution is 0.0733. The van der Waals surface area contributed by atoms with E-state index >= 15 is 0 Å². The number of aromatic nitrogens is 4. The van der Waals surface area contributed by atoms with Crippen LogP contribution in [-0.4, -0.2) is 44.6 Å². The molecular formula is C19H19N5O2. The lowest BCUT2D eigenvalue weighted by Crippen LogP contribution is -2.31. The Morgan fingerprint density at radius 3 is 2.81 bits per heavy atom. The molecular weight excluding hydrogens is 330 g/mol. The minimum absolute atomic E-state index is 0.0297. The molecule has 0 aliphatic carbocycles. The van der Waals surface area contributed by atoms with E-state index in [0.717, 1.165) is 29.7 Å². The molecule has 132 valence electrons. The Labute approximate surface area is 151 Å². The summed E-state index contributed by atoms with van der Waals surface area (Å²) in [5.41, 5.74) is 3.56. The molecule has 4 rings (SSSR count). The summed E-state index contributed by atoms with van der Waals surface area (Å²) < 4.78 is 5.06. The molecule has 1 aliphatic heterocycles. The highest BCUT2D eigenvalue weighted by molar-refractivity contribution is 5.94. The second kappa shape index (κ2) is 6.95. The van der Waals surface area contributed by atoms with Crippen molar-refractivity contribution in [3.63, 3.8) is 0 Å². The van der Waals surface area contributed by atoms with Crippen LogP contribution in [-0.2, 0) is 0 Å². The fourth-order valence-corrected chi connectivity index (χ4v) is 3.41. The van der Waals surface area contributed by atoms with Crippen LogP contribution >= 0.6 is 0 Å². The summed E-state index contributed by atoms with van der Waals surface area (Å²) in [5.74, 6) is 0.464. The Morgan fingerprint density at radius 1 is 1.23 bits per heavy atom. The molecule has 1 amide bonds. The van der Waals surface area contributed by atoms with E-state index in [0.29, 0.717) is 18.0 Å². The smallest absolute Gasteiger partial charge is 0.255 e. The van der Waals surface area contributed by atoms with Crippen LogP contribution in [0.5, 0.6) is 5.88 Å². The van der Waals surface area contributed by atoms with Crippen LogP contribution in [0.2, 0.25) is 0 Å². The van der Waals surface area contributed by atoms with Crippen LogP contribution in [0.25, 0.3) is 11.1 Å². The largest absolute Gasteiger partial charge is 0.481 e. The Balaban J connectivity index is 1.63. The molecule has 3 aromatic heterocycles. The number of ether oxygens (including phenoxy) is 1. The highest BCUT2D eigenvalue weighted by Crippen LogP contribution is 2.37. The Morgan fingerprint density at radius 2 is 2.08 bits per heavy atom. The van der Waals surface area contributed by atoms with Crippen LogP contribution in [0.3, 0.4) is 0 Å². The maximum absolute atomic E-state index is 13.0. The molecule has 1 aliphatic rings. The summed E-state index contributed by atoms with van der Waals surface area (Å²) in [6.45, 7) is 0.713. The van der Waals surface area contributed by atoms with Gasteiger partial charge in [-0.05, 0) is 36.6 Å². The number of nitrogens with one attached hydrogen (secondary N) is 1.